The van der Waals surface area contributed by atoms with Gasteiger partial charge >= 0.3 is 6.03 Å². The summed E-state index contributed by atoms with van der Waals surface area (Å²) in [6, 6.07) is 11.7. The molecule has 0 fully saturated rings. The van der Waals surface area contributed by atoms with Crippen LogP contribution in [-0.2, 0) is 6.42 Å². The van der Waals surface area contributed by atoms with Crippen LogP contribution in [-0.4, -0.2) is 40.5 Å². The smallest absolute Gasteiger partial charge is 0.317 e. The molecular formula is C21H21ClN4O. The molecule has 2 aromatic heterocycles. The lowest BCUT2D eigenvalue weighted by atomic mass is 10.00. The summed E-state index contributed by atoms with van der Waals surface area (Å²) in [5.74, 6) is 0. The molecule has 138 valence electrons. The zero-order chi connectivity index (χ0) is 18.6. The molecule has 0 bridgehead atoms. The summed E-state index contributed by atoms with van der Waals surface area (Å²) in [7, 11) is 0. The Labute approximate surface area is 163 Å². The first-order valence-electron chi connectivity index (χ1n) is 9.09. The fourth-order valence-corrected chi connectivity index (χ4v) is 3.65. The van der Waals surface area contributed by atoms with E-state index in [1.807, 2.05) is 41.4 Å². The number of halogens is 1. The number of amides is 2. The van der Waals surface area contributed by atoms with Crippen molar-refractivity contribution in [1.82, 2.24) is 20.2 Å². The SMILES string of the molecule is O=C(NCCc1cccc(Cl)c1)N1CC=C(c2c[nH]c3ncccc23)CC1. The summed E-state index contributed by atoms with van der Waals surface area (Å²) in [6.45, 7) is 1.92. The molecule has 5 nitrogen and oxygen atoms in total. The van der Waals surface area contributed by atoms with E-state index < -0.39 is 0 Å². The molecule has 2 amide bonds. The molecule has 0 aliphatic carbocycles. The highest BCUT2D eigenvalue weighted by Crippen LogP contribution is 2.28. The van der Waals surface area contributed by atoms with Gasteiger partial charge in [0.05, 0.1) is 0 Å². The van der Waals surface area contributed by atoms with Gasteiger partial charge in [0.15, 0.2) is 0 Å². The van der Waals surface area contributed by atoms with Crippen LogP contribution in [0.4, 0.5) is 4.79 Å². The van der Waals surface area contributed by atoms with Crippen LogP contribution < -0.4 is 5.32 Å². The Hall–Kier alpha value is -2.79. The summed E-state index contributed by atoms with van der Waals surface area (Å²) in [4.78, 5) is 21.8. The number of hydrogen-bond acceptors (Lipinski definition) is 2. The highest BCUT2D eigenvalue weighted by Gasteiger charge is 2.19. The van der Waals surface area contributed by atoms with E-state index in [4.69, 9.17) is 11.6 Å². The molecule has 27 heavy (non-hydrogen) atoms. The average molecular weight is 381 g/mol. The van der Waals surface area contributed by atoms with E-state index >= 15 is 0 Å². The van der Waals surface area contributed by atoms with Gasteiger partial charge in [-0.15, -0.1) is 0 Å². The number of nitrogens with zero attached hydrogens (tertiary/aromatic N) is 2. The molecule has 1 aliphatic rings. The van der Waals surface area contributed by atoms with Crippen molar-refractivity contribution in [2.24, 2.45) is 0 Å². The molecule has 0 atom stereocenters. The summed E-state index contributed by atoms with van der Waals surface area (Å²) in [6.07, 6.45) is 7.53. The van der Waals surface area contributed by atoms with E-state index in [0.717, 1.165) is 34.5 Å². The molecule has 6 heteroatoms. The van der Waals surface area contributed by atoms with Gasteiger partial charge in [0.2, 0.25) is 0 Å². The Bertz CT molecular complexity index is 995. The molecule has 0 radical (unpaired) electrons. The summed E-state index contributed by atoms with van der Waals surface area (Å²) >= 11 is 5.99. The normalized spacial score (nSPS) is 14.3. The van der Waals surface area contributed by atoms with Gasteiger partial charge in [-0.3, -0.25) is 0 Å². The summed E-state index contributed by atoms with van der Waals surface area (Å²) in [5.41, 5.74) is 4.46. The van der Waals surface area contributed by atoms with Crippen LogP contribution in [0.25, 0.3) is 16.6 Å². The van der Waals surface area contributed by atoms with E-state index in [2.05, 4.69) is 27.4 Å². The van der Waals surface area contributed by atoms with Gasteiger partial charge in [-0.2, -0.15) is 0 Å². The largest absolute Gasteiger partial charge is 0.346 e. The number of benzene rings is 1. The van der Waals surface area contributed by atoms with Crippen molar-refractivity contribution in [3.63, 3.8) is 0 Å². The molecule has 1 aromatic carbocycles. The van der Waals surface area contributed by atoms with E-state index in [1.54, 1.807) is 6.20 Å². The number of H-pyrrole nitrogens is 1. The number of pyridine rings is 1. The number of hydrogen-bond donors (Lipinski definition) is 2. The highest BCUT2D eigenvalue weighted by atomic mass is 35.5. The van der Waals surface area contributed by atoms with Crippen molar-refractivity contribution in [2.75, 3.05) is 19.6 Å². The lowest BCUT2D eigenvalue weighted by Crippen LogP contribution is -2.42. The predicted octanol–water partition coefficient (Wildman–Crippen LogP) is 4.26. The van der Waals surface area contributed by atoms with Gasteiger partial charge < -0.3 is 15.2 Å². The Morgan fingerprint density at radius 1 is 1.30 bits per heavy atom. The van der Waals surface area contributed by atoms with Crippen molar-refractivity contribution in [1.29, 1.82) is 0 Å². The van der Waals surface area contributed by atoms with Crippen LogP contribution in [0, 0.1) is 0 Å². The van der Waals surface area contributed by atoms with E-state index in [0.29, 0.717) is 19.6 Å². The quantitative estimate of drug-likeness (QED) is 0.710. The van der Waals surface area contributed by atoms with Crippen molar-refractivity contribution in [3.05, 3.63) is 71.0 Å². The average Bonchev–Trinajstić information content (AvgIpc) is 3.12. The van der Waals surface area contributed by atoms with E-state index in [1.165, 1.54) is 11.1 Å². The molecule has 0 spiro atoms. The van der Waals surface area contributed by atoms with Gasteiger partial charge in [0.25, 0.3) is 0 Å². The maximum absolute atomic E-state index is 12.4. The number of nitrogens with one attached hydrogen (secondary N) is 2. The molecule has 3 aromatic rings. The first-order chi connectivity index (χ1) is 13.2. The van der Waals surface area contributed by atoms with Crippen LogP contribution in [0.2, 0.25) is 5.02 Å². The second kappa shape index (κ2) is 7.84. The Morgan fingerprint density at radius 3 is 3.04 bits per heavy atom. The first kappa shape index (κ1) is 17.6. The Morgan fingerprint density at radius 2 is 2.22 bits per heavy atom. The lowest BCUT2D eigenvalue weighted by molar-refractivity contribution is 0.203. The van der Waals surface area contributed by atoms with Crippen molar-refractivity contribution in [2.45, 2.75) is 12.8 Å². The number of rotatable bonds is 4. The first-order valence-corrected chi connectivity index (χ1v) is 9.47. The van der Waals surface area contributed by atoms with Gasteiger partial charge in [-0.1, -0.05) is 29.8 Å². The fraction of sp³-hybridized carbons (Fsp3) is 0.238. The molecule has 3 heterocycles. The van der Waals surface area contributed by atoms with Crippen LogP contribution in [0.5, 0.6) is 0 Å². The maximum Gasteiger partial charge on any atom is 0.317 e. The predicted molar refractivity (Wildman–Crippen MR) is 109 cm³/mol. The Kier molecular flexibility index (Phi) is 5.12. The number of carbonyl (C=O) groups excluding carboxylic acids is 1. The standard InChI is InChI=1S/C21H21ClN4O/c22-17-4-1-3-15(13-17)6-10-24-21(27)26-11-7-16(8-12-26)19-14-25-20-18(19)5-2-9-23-20/h1-5,7,9,13-14H,6,8,10-12H2,(H,23,25)(H,24,27). The fourth-order valence-electron chi connectivity index (χ4n) is 3.44. The highest BCUT2D eigenvalue weighted by molar-refractivity contribution is 6.30. The third kappa shape index (κ3) is 3.98. The summed E-state index contributed by atoms with van der Waals surface area (Å²) in [5, 5.41) is 4.85. The van der Waals surface area contributed by atoms with Gasteiger partial charge in [0.1, 0.15) is 5.65 Å². The zero-order valence-corrected chi connectivity index (χ0v) is 15.7. The number of aromatic amines is 1. The van der Waals surface area contributed by atoms with Crippen molar-refractivity contribution >= 4 is 34.2 Å². The lowest BCUT2D eigenvalue weighted by Gasteiger charge is -2.26. The van der Waals surface area contributed by atoms with E-state index in [-0.39, 0.29) is 6.03 Å². The monoisotopic (exact) mass is 380 g/mol. The third-order valence-corrected chi connectivity index (χ3v) is 5.11. The topological polar surface area (TPSA) is 61.0 Å². The molecule has 0 unspecified atom stereocenters. The molecule has 2 N–H and O–H groups in total. The number of aromatic nitrogens is 2. The third-order valence-electron chi connectivity index (χ3n) is 4.87. The van der Waals surface area contributed by atoms with Crippen LogP contribution in [0.1, 0.15) is 17.5 Å². The Balaban J connectivity index is 1.33. The van der Waals surface area contributed by atoms with Crippen LogP contribution in [0.3, 0.4) is 0 Å². The minimum absolute atomic E-state index is 0.0204. The maximum atomic E-state index is 12.4. The van der Waals surface area contributed by atoms with Crippen LogP contribution >= 0.6 is 11.6 Å². The molecule has 4 rings (SSSR count). The second-order valence-corrected chi connectivity index (χ2v) is 7.08. The molecule has 1 aliphatic heterocycles. The van der Waals surface area contributed by atoms with Gasteiger partial charge in [-0.05, 0) is 48.2 Å². The number of urea groups is 1. The second-order valence-electron chi connectivity index (χ2n) is 6.64. The zero-order valence-electron chi connectivity index (χ0n) is 14.9. The minimum atomic E-state index is -0.0204. The molecule has 0 saturated heterocycles. The number of carbonyl (C=O) groups is 1. The van der Waals surface area contributed by atoms with Crippen molar-refractivity contribution < 1.29 is 4.79 Å². The van der Waals surface area contributed by atoms with Crippen LogP contribution in [0.15, 0.2) is 54.9 Å². The van der Waals surface area contributed by atoms with Gasteiger partial charge in [0, 0.05) is 48.0 Å². The van der Waals surface area contributed by atoms with Crippen molar-refractivity contribution in [3.8, 4) is 0 Å². The van der Waals surface area contributed by atoms with Gasteiger partial charge in [-0.25, -0.2) is 9.78 Å². The van der Waals surface area contributed by atoms with E-state index in [9.17, 15) is 4.79 Å². The molecular weight excluding hydrogens is 360 g/mol. The molecule has 0 saturated carbocycles. The minimum Gasteiger partial charge on any atom is -0.346 e. The summed E-state index contributed by atoms with van der Waals surface area (Å²) < 4.78 is 0. The number of fused-ring (bicyclic) bond motifs is 1.